The van der Waals surface area contributed by atoms with Crippen LogP contribution in [-0.2, 0) is 16.2 Å². The van der Waals surface area contributed by atoms with Gasteiger partial charge in [0.05, 0.1) is 26.5 Å². The van der Waals surface area contributed by atoms with Gasteiger partial charge in [0.2, 0.25) is 5.91 Å². The Kier molecular flexibility index (Phi) is 7.33. The summed E-state index contributed by atoms with van der Waals surface area (Å²) < 4.78 is 10.5. The third-order valence-corrected chi connectivity index (χ3v) is 5.02. The first kappa shape index (κ1) is 21.7. The Morgan fingerprint density at radius 1 is 1.13 bits per heavy atom. The van der Waals surface area contributed by atoms with Crippen LogP contribution in [0.25, 0.3) is 0 Å². The summed E-state index contributed by atoms with van der Waals surface area (Å²) in [5.41, 5.74) is 2.92. The number of rotatable bonds is 9. The maximum Gasteiger partial charge on any atom is 0.223 e. The van der Waals surface area contributed by atoms with Crippen LogP contribution in [0, 0.1) is 5.92 Å². The van der Waals surface area contributed by atoms with Crippen molar-refractivity contribution < 1.29 is 19.1 Å². The second kappa shape index (κ2) is 10.1. The molecular weight excluding hydrogens is 380 g/mol. The predicted octanol–water partition coefficient (Wildman–Crippen LogP) is 4.27. The number of nitrogens with zero attached hydrogens (tertiary/aromatic N) is 2. The van der Waals surface area contributed by atoms with Crippen molar-refractivity contribution in [3.05, 3.63) is 59.7 Å². The van der Waals surface area contributed by atoms with Crippen LogP contribution < -0.4 is 9.47 Å². The van der Waals surface area contributed by atoms with Gasteiger partial charge in [-0.05, 0) is 53.4 Å². The van der Waals surface area contributed by atoms with Gasteiger partial charge in [-0.3, -0.25) is 4.79 Å². The quantitative estimate of drug-likeness (QED) is 0.619. The Bertz CT molecular complexity index is 877. The van der Waals surface area contributed by atoms with Gasteiger partial charge in [0.15, 0.2) is 6.10 Å². The van der Waals surface area contributed by atoms with Crippen LogP contribution in [0.4, 0.5) is 0 Å². The summed E-state index contributed by atoms with van der Waals surface area (Å²) in [7, 11) is 3.29. The molecule has 6 heteroatoms. The van der Waals surface area contributed by atoms with Crippen LogP contribution in [0.2, 0.25) is 0 Å². The zero-order valence-corrected chi connectivity index (χ0v) is 18.1. The molecule has 0 aromatic heterocycles. The molecule has 0 saturated carbocycles. The summed E-state index contributed by atoms with van der Waals surface area (Å²) in [4.78, 5) is 20.5. The van der Waals surface area contributed by atoms with E-state index in [1.807, 2.05) is 53.4 Å². The molecule has 0 aliphatic carbocycles. The van der Waals surface area contributed by atoms with E-state index in [0.29, 0.717) is 31.8 Å². The van der Waals surface area contributed by atoms with Crippen molar-refractivity contribution in [1.82, 2.24) is 4.90 Å². The Morgan fingerprint density at radius 2 is 1.87 bits per heavy atom. The SMILES string of the molecule is COc1ccc(C2=NOC(CN(Cc3cccc(OC)c3)C(=O)CC(C)C)C2)cc1. The monoisotopic (exact) mass is 410 g/mol. The van der Waals surface area contributed by atoms with Gasteiger partial charge in [-0.25, -0.2) is 0 Å². The maximum atomic E-state index is 12.9. The largest absolute Gasteiger partial charge is 0.497 e. The minimum Gasteiger partial charge on any atom is -0.497 e. The van der Waals surface area contributed by atoms with Gasteiger partial charge in [-0.2, -0.15) is 0 Å². The summed E-state index contributed by atoms with van der Waals surface area (Å²) in [6.07, 6.45) is 1.00. The Labute approximate surface area is 178 Å². The number of ether oxygens (including phenoxy) is 2. The van der Waals surface area contributed by atoms with Crippen molar-refractivity contribution in [3.63, 3.8) is 0 Å². The average Bonchev–Trinajstić information content (AvgIpc) is 3.21. The van der Waals surface area contributed by atoms with Gasteiger partial charge in [0, 0.05) is 19.4 Å². The molecule has 0 bridgehead atoms. The van der Waals surface area contributed by atoms with Gasteiger partial charge in [0.1, 0.15) is 11.5 Å². The second-order valence-corrected chi connectivity index (χ2v) is 7.92. The molecule has 0 saturated heterocycles. The van der Waals surface area contributed by atoms with Crippen molar-refractivity contribution in [2.45, 2.75) is 39.3 Å². The van der Waals surface area contributed by atoms with Gasteiger partial charge in [-0.1, -0.05) is 31.1 Å². The summed E-state index contributed by atoms with van der Waals surface area (Å²) in [6.45, 7) is 5.11. The molecule has 1 heterocycles. The highest BCUT2D eigenvalue weighted by molar-refractivity contribution is 6.01. The standard InChI is InChI=1S/C24H30N2O4/c1-17(2)12-24(27)26(15-18-6-5-7-21(13-18)29-4)16-22-14-23(25-30-22)19-8-10-20(28-3)11-9-19/h5-11,13,17,22H,12,14-16H2,1-4H3. The Morgan fingerprint density at radius 3 is 2.53 bits per heavy atom. The van der Waals surface area contributed by atoms with Crippen molar-refractivity contribution in [1.29, 1.82) is 0 Å². The zero-order valence-electron chi connectivity index (χ0n) is 18.1. The third kappa shape index (κ3) is 5.75. The molecule has 160 valence electrons. The number of amides is 1. The van der Waals surface area contributed by atoms with Crippen molar-refractivity contribution in [3.8, 4) is 11.5 Å². The number of hydrogen-bond donors (Lipinski definition) is 0. The van der Waals surface area contributed by atoms with E-state index in [1.54, 1.807) is 14.2 Å². The molecule has 0 fully saturated rings. The number of benzene rings is 2. The predicted molar refractivity (Wildman–Crippen MR) is 117 cm³/mol. The van der Waals surface area contributed by atoms with Crippen LogP contribution in [0.1, 0.15) is 37.8 Å². The highest BCUT2D eigenvalue weighted by Gasteiger charge is 2.27. The van der Waals surface area contributed by atoms with Gasteiger partial charge < -0.3 is 19.2 Å². The molecule has 1 aliphatic rings. The van der Waals surface area contributed by atoms with E-state index in [-0.39, 0.29) is 12.0 Å². The van der Waals surface area contributed by atoms with Crippen molar-refractivity contribution in [2.75, 3.05) is 20.8 Å². The lowest BCUT2D eigenvalue weighted by Crippen LogP contribution is -2.37. The highest BCUT2D eigenvalue weighted by Crippen LogP contribution is 2.22. The Balaban J connectivity index is 1.67. The molecule has 1 aliphatic heterocycles. The minimum absolute atomic E-state index is 0.120. The van der Waals surface area contributed by atoms with Gasteiger partial charge in [0.25, 0.3) is 0 Å². The van der Waals surface area contributed by atoms with Crippen LogP contribution in [0.5, 0.6) is 11.5 Å². The number of hydrogen-bond acceptors (Lipinski definition) is 5. The summed E-state index contributed by atoms with van der Waals surface area (Å²) in [5.74, 6) is 2.00. The first-order valence-corrected chi connectivity index (χ1v) is 10.3. The molecule has 0 spiro atoms. The molecule has 2 aromatic rings. The first-order chi connectivity index (χ1) is 14.5. The van der Waals surface area contributed by atoms with Crippen LogP contribution in [-0.4, -0.2) is 43.4 Å². The summed E-state index contributed by atoms with van der Waals surface area (Å²) >= 11 is 0. The second-order valence-electron chi connectivity index (χ2n) is 7.92. The van der Waals surface area contributed by atoms with Crippen LogP contribution in [0.3, 0.4) is 0 Å². The fraction of sp³-hybridized carbons (Fsp3) is 0.417. The maximum absolute atomic E-state index is 12.9. The molecule has 0 N–H and O–H groups in total. The van der Waals surface area contributed by atoms with Crippen molar-refractivity contribution >= 4 is 11.6 Å². The smallest absolute Gasteiger partial charge is 0.223 e. The van der Waals surface area contributed by atoms with Gasteiger partial charge >= 0.3 is 0 Å². The van der Waals surface area contributed by atoms with Crippen LogP contribution >= 0.6 is 0 Å². The first-order valence-electron chi connectivity index (χ1n) is 10.3. The minimum atomic E-state index is -0.163. The fourth-order valence-electron chi connectivity index (χ4n) is 3.45. The molecule has 6 nitrogen and oxygen atoms in total. The lowest BCUT2D eigenvalue weighted by Gasteiger charge is -2.26. The normalized spacial score (nSPS) is 15.5. The number of oxime groups is 1. The van der Waals surface area contributed by atoms with Crippen molar-refractivity contribution in [2.24, 2.45) is 11.1 Å². The van der Waals surface area contributed by atoms with Crippen LogP contribution in [0.15, 0.2) is 53.7 Å². The molecule has 1 atom stereocenters. The average molecular weight is 411 g/mol. The molecule has 1 unspecified atom stereocenters. The molecule has 0 radical (unpaired) electrons. The molecule has 3 rings (SSSR count). The number of methoxy groups -OCH3 is 2. The molecule has 1 amide bonds. The number of carbonyl (C=O) groups excluding carboxylic acids is 1. The lowest BCUT2D eigenvalue weighted by atomic mass is 10.0. The van der Waals surface area contributed by atoms with E-state index in [2.05, 4.69) is 19.0 Å². The van der Waals surface area contributed by atoms with E-state index in [9.17, 15) is 4.79 Å². The lowest BCUT2D eigenvalue weighted by molar-refractivity contribution is -0.134. The highest BCUT2D eigenvalue weighted by atomic mass is 16.6. The summed E-state index contributed by atoms with van der Waals surface area (Å²) in [6, 6.07) is 15.6. The Hall–Kier alpha value is -3.02. The van der Waals surface area contributed by atoms with E-state index in [1.165, 1.54) is 0 Å². The zero-order chi connectivity index (χ0) is 21.5. The molecule has 2 aromatic carbocycles. The van der Waals surface area contributed by atoms with E-state index in [4.69, 9.17) is 14.3 Å². The topological polar surface area (TPSA) is 60.4 Å². The molecular formula is C24H30N2O4. The van der Waals surface area contributed by atoms with E-state index >= 15 is 0 Å². The fourth-order valence-corrected chi connectivity index (χ4v) is 3.45. The van der Waals surface area contributed by atoms with Gasteiger partial charge in [-0.15, -0.1) is 0 Å². The van der Waals surface area contributed by atoms with E-state index < -0.39 is 0 Å². The number of carbonyl (C=O) groups is 1. The third-order valence-electron chi connectivity index (χ3n) is 5.02. The van der Waals surface area contributed by atoms with E-state index in [0.717, 1.165) is 28.3 Å². The summed E-state index contributed by atoms with van der Waals surface area (Å²) in [5, 5.41) is 4.27. The molecule has 30 heavy (non-hydrogen) atoms.